The van der Waals surface area contributed by atoms with Gasteiger partial charge in [0, 0.05) is 46.0 Å². The molecule has 1 aliphatic heterocycles. The molecule has 2 rings (SSSR count). The molecule has 6 heteroatoms. The fourth-order valence-electron chi connectivity index (χ4n) is 2.37. The number of carbonyl (C=O) groups excluding carboxylic acids is 1. The fraction of sp³-hybridized carbons (Fsp3) is 0.500. The van der Waals surface area contributed by atoms with Crippen LogP contribution in [0.15, 0.2) is 24.3 Å². The molecule has 1 amide bonds. The molecule has 5 nitrogen and oxygen atoms in total. The summed E-state index contributed by atoms with van der Waals surface area (Å²) in [6.45, 7) is 5.95. The Kier molecular flexibility index (Phi) is 5.74. The summed E-state index contributed by atoms with van der Waals surface area (Å²) < 4.78 is 0. The third-order valence-corrected chi connectivity index (χ3v) is 4.15. The van der Waals surface area contributed by atoms with Crippen LogP contribution in [0.1, 0.15) is 5.56 Å². The Labute approximate surface area is 137 Å². The van der Waals surface area contributed by atoms with E-state index < -0.39 is 0 Å². The Bertz CT molecular complexity index is 539. The molecule has 1 fully saturated rings. The number of anilines is 1. The van der Waals surface area contributed by atoms with E-state index in [4.69, 9.17) is 12.2 Å². The van der Waals surface area contributed by atoms with E-state index >= 15 is 0 Å². The van der Waals surface area contributed by atoms with Crippen LogP contribution in [0.25, 0.3) is 0 Å². The van der Waals surface area contributed by atoms with Crippen molar-refractivity contribution in [3.8, 4) is 0 Å². The van der Waals surface area contributed by atoms with E-state index in [0.717, 1.165) is 37.0 Å². The van der Waals surface area contributed by atoms with Crippen LogP contribution in [0, 0.1) is 6.92 Å². The Morgan fingerprint density at radius 2 is 1.95 bits per heavy atom. The highest BCUT2D eigenvalue weighted by Gasteiger charge is 2.21. The maximum Gasteiger partial charge on any atom is 0.236 e. The molecule has 0 spiro atoms. The number of rotatable bonds is 3. The first kappa shape index (κ1) is 16.7. The zero-order valence-electron chi connectivity index (χ0n) is 13.5. The van der Waals surface area contributed by atoms with Gasteiger partial charge in [0.15, 0.2) is 5.11 Å². The van der Waals surface area contributed by atoms with Gasteiger partial charge in [-0.05, 0) is 36.8 Å². The maximum absolute atomic E-state index is 11.7. The Balaban J connectivity index is 1.81. The molecule has 0 aromatic heterocycles. The van der Waals surface area contributed by atoms with E-state index in [1.807, 2.05) is 12.1 Å². The normalized spacial score (nSPS) is 15.5. The van der Waals surface area contributed by atoms with E-state index in [0.29, 0.717) is 6.54 Å². The first-order chi connectivity index (χ1) is 10.5. The number of piperazine rings is 1. The van der Waals surface area contributed by atoms with Crippen molar-refractivity contribution in [3.63, 3.8) is 0 Å². The van der Waals surface area contributed by atoms with Crippen molar-refractivity contribution >= 4 is 28.9 Å². The lowest BCUT2D eigenvalue weighted by molar-refractivity contribution is -0.130. The summed E-state index contributed by atoms with van der Waals surface area (Å²) in [6.07, 6.45) is 0. The van der Waals surface area contributed by atoms with E-state index in [1.165, 1.54) is 5.56 Å². The second kappa shape index (κ2) is 7.56. The van der Waals surface area contributed by atoms with Crippen molar-refractivity contribution in [1.29, 1.82) is 0 Å². The van der Waals surface area contributed by atoms with Crippen LogP contribution in [0.2, 0.25) is 0 Å². The standard InChI is InChI=1S/C16H24N4OS/c1-13-5-4-6-14(11-13)17-16(22)20-9-7-19(8-10-20)12-15(21)18(2)3/h4-6,11H,7-10,12H2,1-3H3,(H,17,22). The van der Waals surface area contributed by atoms with Crippen molar-refractivity contribution in [3.05, 3.63) is 29.8 Å². The second-order valence-electron chi connectivity index (χ2n) is 5.85. The van der Waals surface area contributed by atoms with E-state index in [-0.39, 0.29) is 5.91 Å². The largest absolute Gasteiger partial charge is 0.348 e. The topological polar surface area (TPSA) is 38.8 Å². The van der Waals surface area contributed by atoms with E-state index in [9.17, 15) is 4.79 Å². The summed E-state index contributed by atoms with van der Waals surface area (Å²) in [7, 11) is 3.58. The number of amides is 1. The summed E-state index contributed by atoms with van der Waals surface area (Å²) in [6, 6.07) is 8.18. The van der Waals surface area contributed by atoms with Gasteiger partial charge < -0.3 is 15.1 Å². The summed E-state index contributed by atoms with van der Waals surface area (Å²) in [5, 5.41) is 4.04. The molecule has 0 saturated carbocycles. The molecule has 1 aromatic rings. The van der Waals surface area contributed by atoms with Crippen LogP contribution in [0.4, 0.5) is 5.69 Å². The molecular weight excluding hydrogens is 296 g/mol. The first-order valence-electron chi connectivity index (χ1n) is 7.51. The van der Waals surface area contributed by atoms with Crippen LogP contribution in [-0.4, -0.2) is 72.5 Å². The molecule has 1 aliphatic rings. The number of aryl methyl sites for hydroxylation is 1. The average molecular weight is 320 g/mol. The highest BCUT2D eigenvalue weighted by Crippen LogP contribution is 2.11. The minimum Gasteiger partial charge on any atom is -0.348 e. The zero-order chi connectivity index (χ0) is 16.1. The lowest BCUT2D eigenvalue weighted by Gasteiger charge is -2.36. The lowest BCUT2D eigenvalue weighted by atomic mass is 10.2. The van der Waals surface area contributed by atoms with Crippen LogP contribution in [0.3, 0.4) is 0 Å². The Morgan fingerprint density at radius 3 is 2.55 bits per heavy atom. The number of hydrogen-bond acceptors (Lipinski definition) is 3. The summed E-state index contributed by atoms with van der Waals surface area (Å²) in [5.41, 5.74) is 2.23. The predicted molar refractivity (Wildman–Crippen MR) is 94.1 cm³/mol. The van der Waals surface area contributed by atoms with E-state index in [1.54, 1.807) is 19.0 Å². The molecule has 22 heavy (non-hydrogen) atoms. The lowest BCUT2D eigenvalue weighted by Crippen LogP contribution is -2.51. The average Bonchev–Trinajstić information content (AvgIpc) is 2.47. The van der Waals surface area contributed by atoms with Gasteiger partial charge in [-0.2, -0.15) is 0 Å². The van der Waals surface area contributed by atoms with Crippen molar-refractivity contribution in [1.82, 2.24) is 14.7 Å². The highest BCUT2D eigenvalue weighted by molar-refractivity contribution is 7.80. The molecule has 0 unspecified atom stereocenters. The third-order valence-electron chi connectivity index (χ3n) is 3.79. The SMILES string of the molecule is Cc1cccc(NC(=S)N2CCN(CC(=O)N(C)C)CC2)c1. The number of nitrogens with one attached hydrogen (secondary N) is 1. The minimum atomic E-state index is 0.147. The molecule has 0 aliphatic carbocycles. The highest BCUT2D eigenvalue weighted by atomic mass is 32.1. The number of likely N-dealkylation sites (N-methyl/N-ethyl adjacent to an activating group) is 1. The maximum atomic E-state index is 11.7. The van der Waals surface area contributed by atoms with Gasteiger partial charge in [0.05, 0.1) is 6.54 Å². The van der Waals surface area contributed by atoms with Gasteiger partial charge in [0.1, 0.15) is 0 Å². The van der Waals surface area contributed by atoms with Gasteiger partial charge in [-0.25, -0.2) is 0 Å². The second-order valence-corrected chi connectivity index (χ2v) is 6.24. The molecular formula is C16H24N4OS. The van der Waals surface area contributed by atoms with Crippen LogP contribution in [-0.2, 0) is 4.79 Å². The number of benzene rings is 1. The molecule has 0 bridgehead atoms. The van der Waals surface area contributed by atoms with Gasteiger partial charge in [-0.3, -0.25) is 9.69 Å². The molecule has 1 saturated heterocycles. The first-order valence-corrected chi connectivity index (χ1v) is 7.91. The molecule has 120 valence electrons. The Hall–Kier alpha value is -1.66. The van der Waals surface area contributed by atoms with Crippen LogP contribution in [0.5, 0.6) is 0 Å². The molecule has 1 N–H and O–H groups in total. The van der Waals surface area contributed by atoms with Crippen molar-refractivity contribution < 1.29 is 4.79 Å². The van der Waals surface area contributed by atoms with E-state index in [2.05, 4.69) is 34.2 Å². The smallest absolute Gasteiger partial charge is 0.236 e. The monoisotopic (exact) mass is 320 g/mol. The molecule has 0 radical (unpaired) electrons. The van der Waals surface area contributed by atoms with Gasteiger partial charge in [0.2, 0.25) is 5.91 Å². The predicted octanol–water partition coefficient (Wildman–Crippen LogP) is 1.40. The van der Waals surface area contributed by atoms with Gasteiger partial charge in [0.25, 0.3) is 0 Å². The van der Waals surface area contributed by atoms with Crippen LogP contribution < -0.4 is 5.32 Å². The summed E-state index contributed by atoms with van der Waals surface area (Å²) in [5.74, 6) is 0.147. The summed E-state index contributed by atoms with van der Waals surface area (Å²) >= 11 is 5.49. The fourth-order valence-corrected chi connectivity index (χ4v) is 2.67. The third kappa shape index (κ3) is 4.68. The zero-order valence-corrected chi connectivity index (χ0v) is 14.3. The van der Waals surface area contributed by atoms with Crippen molar-refractivity contribution in [2.24, 2.45) is 0 Å². The molecule has 1 aromatic carbocycles. The van der Waals surface area contributed by atoms with Gasteiger partial charge in [-0.15, -0.1) is 0 Å². The molecule has 0 atom stereocenters. The number of nitrogens with zero attached hydrogens (tertiary/aromatic N) is 3. The minimum absolute atomic E-state index is 0.147. The van der Waals surface area contributed by atoms with Gasteiger partial charge >= 0.3 is 0 Å². The summed E-state index contributed by atoms with van der Waals surface area (Å²) in [4.78, 5) is 17.7. The quantitative estimate of drug-likeness (QED) is 0.852. The number of carbonyl (C=O) groups is 1. The number of hydrogen-bond donors (Lipinski definition) is 1. The van der Waals surface area contributed by atoms with Crippen molar-refractivity contribution in [2.45, 2.75) is 6.92 Å². The molecule has 1 heterocycles. The van der Waals surface area contributed by atoms with Gasteiger partial charge in [-0.1, -0.05) is 12.1 Å². The Morgan fingerprint density at radius 1 is 1.27 bits per heavy atom. The van der Waals surface area contributed by atoms with Crippen LogP contribution >= 0.6 is 12.2 Å². The van der Waals surface area contributed by atoms with Crippen molar-refractivity contribution in [2.75, 3.05) is 52.1 Å². The number of thiocarbonyl (C=S) groups is 1.